The van der Waals surface area contributed by atoms with E-state index in [-0.39, 0.29) is 37.1 Å². The predicted octanol–water partition coefficient (Wildman–Crippen LogP) is 1.71. The van der Waals surface area contributed by atoms with E-state index in [0.717, 1.165) is 0 Å². The quantitative estimate of drug-likeness (QED) is 0.857. The van der Waals surface area contributed by atoms with Crippen molar-refractivity contribution in [2.45, 2.75) is 27.2 Å². The Hall–Kier alpha value is -2.44. The van der Waals surface area contributed by atoms with Crippen LogP contribution in [-0.2, 0) is 14.4 Å². The zero-order chi connectivity index (χ0) is 18.1. The first-order valence-corrected chi connectivity index (χ1v) is 7.69. The van der Waals surface area contributed by atoms with Gasteiger partial charge in [0.15, 0.2) is 0 Å². The number of hydrogen-bond acceptors (Lipinski definition) is 3. The normalized spacial score (nSPS) is 17.9. The molecule has 7 heteroatoms. The molecule has 1 aromatic carbocycles. The van der Waals surface area contributed by atoms with Gasteiger partial charge in [-0.1, -0.05) is 0 Å². The molecule has 2 amide bonds. The van der Waals surface area contributed by atoms with Crippen LogP contribution in [0.15, 0.2) is 18.2 Å². The predicted molar refractivity (Wildman–Crippen MR) is 86.0 cm³/mol. The van der Waals surface area contributed by atoms with Gasteiger partial charge >= 0.3 is 5.97 Å². The Morgan fingerprint density at radius 1 is 1.42 bits per heavy atom. The van der Waals surface area contributed by atoms with Gasteiger partial charge in [-0.15, -0.1) is 0 Å². The van der Waals surface area contributed by atoms with Gasteiger partial charge < -0.3 is 15.3 Å². The number of amides is 2. The Bertz CT molecular complexity index is 687. The van der Waals surface area contributed by atoms with Gasteiger partial charge in [0.2, 0.25) is 11.8 Å². The molecular weight excluding hydrogens is 315 g/mol. The minimum atomic E-state index is -1.08. The van der Waals surface area contributed by atoms with Gasteiger partial charge in [-0.25, -0.2) is 4.39 Å². The molecule has 1 fully saturated rings. The molecule has 0 aromatic heterocycles. The number of hydrogen-bond donors (Lipinski definition) is 2. The van der Waals surface area contributed by atoms with Gasteiger partial charge in [-0.2, -0.15) is 0 Å². The lowest BCUT2D eigenvalue weighted by Crippen LogP contribution is -2.41. The molecule has 6 nitrogen and oxygen atoms in total. The molecule has 1 aromatic rings. The largest absolute Gasteiger partial charge is 0.481 e. The molecule has 130 valence electrons. The SMILES string of the molecule is Cc1cc(N2CC(C(=O)NCC(C)(C)C(=O)O)CC2=O)ccc1F. The molecule has 1 aliphatic rings. The maximum absolute atomic E-state index is 13.3. The highest BCUT2D eigenvalue weighted by molar-refractivity contribution is 6.00. The third-order valence-electron chi connectivity index (χ3n) is 4.23. The molecule has 0 saturated carbocycles. The van der Waals surface area contributed by atoms with Crippen LogP contribution in [-0.4, -0.2) is 36.0 Å². The number of nitrogens with zero attached hydrogens (tertiary/aromatic N) is 1. The first kappa shape index (κ1) is 17.9. The third kappa shape index (κ3) is 3.72. The summed E-state index contributed by atoms with van der Waals surface area (Å²) in [4.78, 5) is 36.9. The molecule has 0 radical (unpaired) electrons. The van der Waals surface area contributed by atoms with Crippen LogP contribution in [0.2, 0.25) is 0 Å². The molecule has 1 saturated heterocycles. The van der Waals surface area contributed by atoms with Crippen molar-refractivity contribution in [2.75, 3.05) is 18.0 Å². The number of anilines is 1. The molecule has 2 rings (SSSR count). The summed E-state index contributed by atoms with van der Waals surface area (Å²) in [7, 11) is 0. The average Bonchev–Trinajstić information content (AvgIpc) is 2.89. The lowest BCUT2D eigenvalue weighted by molar-refractivity contribution is -0.147. The van der Waals surface area contributed by atoms with E-state index in [1.807, 2.05) is 0 Å². The van der Waals surface area contributed by atoms with Crippen LogP contribution in [0.25, 0.3) is 0 Å². The van der Waals surface area contributed by atoms with Crippen LogP contribution >= 0.6 is 0 Å². The Kier molecular flexibility index (Phi) is 4.91. The summed E-state index contributed by atoms with van der Waals surface area (Å²) < 4.78 is 13.3. The van der Waals surface area contributed by atoms with Crippen molar-refractivity contribution in [1.82, 2.24) is 5.32 Å². The minimum absolute atomic E-state index is 0.0124. The van der Waals surface area contributed by atoms with E-state index in [4.69, 9.17) is 5.11 Å². The smallest absolute Gasteiger partial charge is 0.310 e. The standard InChI is InChI=1S/C17H21FN2O4/c1-10-6-12(4-5-13(10)18)20-8-11(7-14(20)21)15(22)19-9-17(2,3)16(23)24/h4-6,11H,7-9H2,1-3H3,(H,19,22)(H,23,24). The highest BCUT2D eigenvalue weighted by atomic mass is 19.1. The van der Waals surface area contributed by atoms with E-state index in [1.165, 1.54) is 30.9 Å². The first-order chi connectivity index (χ1) is 11.1. The molecule has 24 heavy (non-hydrogen) atoms. The molecular formula is C17H21FN2O4. The number of carbonyl (C=O) groups excluding carboxylic acids is 2. The van der Waals surface area contributed by atoms with Crippen LogP contribution in [0.3, 0.4) is 0 Å². The second kappa shape index (κ2) is 6.59. The van der Waals surface area contributed by atoms with Gasteiger partial charge in [0, 0.05) is 25.2 Å². The maximum atomic E-state index is 13.3. The lowest BCUT2D eigenvalue weighted by Gasteiger charge is -2.21. The highest BCUT2D eigenvalue weighted by Crippen LogP contribution is 2.27. The Morgan fingerprint density at radius 3 is 2.67 bits per heavy atom. The van der Waals surface area contributed by atoms with E-state index < -0.39 is 17.3 Å². The Morgan fingerprint density at radius 2 is 2.08 bits per heavy atom. The van der Waals surface area contributed by atoms with E-state index in [9.17, 15) is 18.8 Å². The van der Waals surface area contributed by atoms with E-state index in [1.54, 1.807) is 13.0 Å². The maximum Gasteiger partial charge on any atom is 0.310 e. The van der Waals surface area contributed by atoms with Gasteiger partial charge in [-0.3, -0.25) is 14.4 Å². The van der Waals surface area contributed by atoms with Crippen LogP contribution in [0.4, 0.5) is 10.1 Å². The van der Waals surface area contributed by atoms with Crippen LogP contribution in [0.1, 0.15) is 25.8 Å². The Labute approximate surface area is 139 Å². The molecule has 2 N–H and O–H groups in total. The minimum Gasteiger partial charge on any atom is -0.481 e. The fourth-order valence-electron chi connectivity index (χ4n) is 2.46. The fraction of sp³-hybridized carbons (Fsp3) is 0.471. The molecule has 0 aliphatic carbocycles. The monoisotopic (exact) mass is 336 g/mol. The summed E-state index contributed by atoms with van der Waals surface area (Å²) in [5.41, 5.74) is -0.0945. The van der Waals surface area contributed by atoms with Crippen molar-refractivity contribution in [3.05, 3.63) is 29.6 Å². The van der Waals surface area contributed by atoms with Crippen molar-refractivity contribution < 1.29 is 23.9 Å². The highest BCUT2D eigenvalue weighted by Gasteiger charge is 2.36. The molecule has 1 heterocycles. The van der Waals surface area contributed by atoms with Crippen molar-refractivity contribution >= 4 is 23.5 Å². The summed E-state index contributed by atoms with van der Waals surface area (Å²) >= 11 is 0. The zero-order valence-electron chi connectivity index (χ0n) is 13.9. The van der Waals surface area contributed by atoms with Crippen molar-refractivity contribution in [3.63, 3.8) is 0 Å². The molecule has 1 atom stereocenters. The second-order valence-corrected chi connectivity index (χ2v) is 6.75. The third-order valence-corrected chi connectivity index (χ3v) is 4.23. The van der Waals surface area contributed by atoms with Gasteiger partial charge in [0.05, 0.1) is 11.3 Å². The van der Waals surface area contributed by atoms with Crippen molar-refractivity contribution in [3.8, 4) is 0 Å². The first-order valence-electron chi connectivity index (χ1n) is 7.69. The number of carboxylic acids is 1. The summed E-state index contributed by atoms with van der Waals surface area (Å²) in [5.74, 6) is -2.46. The lowest BCUT2D eigenvalue weighted by atomic mass is 9.93. The number of halogens is 1. The number of carboxylic acid groups (broad SMARTS) is 1. The van der Waals surface area contributed by atoms with Gasteiger partial charge in [-0.05, 0) is 44.5 Å². The van der Waals surface area contributed by atoms with E-state index in [2.05, 4.69) is 5.32 Å². The molecule has 0 bridgehead atoms. The summed E-state index contributed by atoms with van der Waals surface area (Å²) in [6.07, 6.45) is 0.0513. The zero-order valence-corrected chi connectivity index (χ0v) is 13.9. The number of nitrogens with one attached hydrogen (secondary N) is 1. The van der Waals surface area contributed by atoms with E-state index in [0.29, 0.717) is 11.3 Å². The fourth-order valence-corrected chi connectivity index (χ4v) is 2.46. The number of aliphatic carboxylic acids is 1. The van der Waals surface area contributed by atoms with Crippen LogP contribution in [0.5, 0.6) is 0 Å². The summed E-state index contributed by atoms with van der Waals surface area (Å²) in [5, 5.41) is 11.7. The number of benzene rings is 1. The van der Waals surface area contributed by atoms with E-state index >= 15 is 0 Å². The average molecular weight is 336 g/mol. The summed E-state index contributed by atoms with van der Waals surface area (Å²) in [6.45, 7) is 4.83. The van der Waals surface area contributed by atoms with Crippen LogP contribution in [0, 0.1) is 24.1 Å². The van der Waals surface area contributed by atoms with Crippen LogP contribution < -0.4 is 10.2 Å². The number of aryl methyl sites for hydroxylation is 1. The van der Waals surface area contributed by atoms with Gasteiger partial charge in [0.25, 0.3) is 0 Å². The summed E-state index contributed by atoms with van der Waals surface area (Å²) in [6, 6.07) is 4.37. The van der Waals surface area contributed by atoms with Gasteiger partial charge in [0.1, 0.15) is 5.82 Å². The number of rotatable bonds is 5. The molecule has 1 unspecified atom stereocenters. The van der Waals surface area contributed by atoms with Crippen molar-refractivity contribution in [1.29, 1.82) is 0 Å². The van der Waals surface area contributed by atoms with Crippen molar-refractivity contribution in [2.24, 2.45) is 11.3 Å². The molecule has 1 aliphatic heterocycles. The second-order valence-electron chi connectivity index (χ2n) is 6.75. The Balaban J connectivity index is 2.02. The topological polar surface area (TPSA) is 86.7 Å². The molecule has 0 spiro atoms. The number of carbonyl (C=O) groups is 3.